The number of aromatic nitrogens is 2. The first kappa shape index (κ1) is 22.2. The van der Waals surface area contributed by atoms with Crippen LogP contribution in [0, 0.1) is 0 Å². The van der Waals surface area contributed by atoms with Gasteiger partial charge in [-0.3, -0.25) is 4.90 Å². The molecule has 1 aliphatic heterocycles. The third kappa shape index (κ3) is 6.51. The Balaban J connectivity index is 2.15. The number of carbonyl (C=O) groups is 2. The summed E-state index contributed by atoms with van der Waals surface area (Å²) in [6, 6.07) is 1.44. The first-order valence-electron chi connectivity index (χ1n) is 9.34. The zero-order chi connectivity index (χ0) is 21.1. The Morgan fingerprint density at radius 3 is 2.18 bits per heavy atom. The summed E-state index contributed by atoms with van der Waals surface area (Å²) in [6.07, 6.45) is 1.79. The number of halogens is 1. The molecule has 0 N–H and O–H groups in total. The molecule has 1 fully saturated rings. The zero-order valence-electron chi connectivity index (χ0n) is 17.4. The van der Waals surface area contributed by atoms with Gasteiger partial charge in [-0.05, 0) is 72.1 Å². The maximum atomic E-state index is 12.9. The van der Waals surface area contributed by atoms with Crippen LogP contribution < -0.4 is 4.90 Å². The molecular weight excluding hydrogens is 384 g/mol. The van der Waals surface area contributed by atoms with Crippen molar-refractivity contribution in [2.24, 2.45) is 0 Å². The van der Waals surface area contributed by atoms with E-state index in [-0.39, 0.29) is 17.4 Å². The number of hydrogen-bond acceptors (Lipinski definition) is 6. The minimum absolute atomic E-state index is 0.0530. The molecule has 0 unspecified atom stereocenters. The molecule has 2 heterocycles. The average Bonchev–Trinajstić information content (AvgIpc) is 2.52. The largest absolute Gasteiger partial charge is 0.444 e. The SMILES string of the molecule is CC(C)(C)OC(=O)N1CCC(N(C(=O)OC(C)(C)C)c2ccnc(Cl)n2)CC1. The second-order valence-corrected chi connectivity index (χ2v) is 9.07. The summed E-state index contributed by atoms with van der Waals surface area (Å²) in [4.78, 5) is 36.4. The monoisotopic (exact) mass is 412 g/mol. The summed E-state index contributed by atoms with van der Waals surface area (Å²) >= 11 is 5.92. The summed E-state index contributed by atoms with van der Waals surface area (Å²) in [5, 5.41) is 0.0530. The highest BCUT2D eigenvalue weighted by Crippen LogP contribution is 2.26. The van der Waals surface area contributed by atoms with E-state index in [1.165, 1.54) is 11.1 Å². The third-order valence-corrected chi connectivity index (χ3v) is 4.11. The molecule has 2 rings (SSSR count). The van der Waals surface area contributed by atoms with Crippen molar-refractivity contribution in [1.82, 2.24) is 14.9 Å². The molecule has 0 saturated carbocycles. The number of amides is 2. The van der Waals surface area contributed by atoms with Gasteiger partial charge in [0.15, 0.2) is 0 Å². The van der Waals surface area contributed by atoms with Crippen molar-refractivity contribution < 1.29 is 19.1 Å². The van der Waals surface area contributed by atoms with Gasteiger partial charge in [0.05, 0.1) is 0 Å². The lowest BCUT2D eigenvalue weighted by Crippen LogP contribution is -2.51. The van der Waals surface area contributed by atoms with E-state index in [2.05, 4.69) is 9.97 Å². The maximum absolute atomic E-state index is 12.9. The van der Waals surface area contributed by atoms with Gasteiger partial charge in [-0.1, -0.05) is 0 Å². The van der Waals surface area contributed by atoms with Crippen LogP contribution in [0.2, 0.25) is 5.28 Å². The van der Waals surface area contributed by atoms with E-state index >= 15 is 0 Å². The quantitative estimate of drug-likeness (QED) is 0.674. The van der Waals surface area contributed by atoms with Gasteiger partial charge in [-0.2, -0.15) is 0 Å². The Bertz CT molecular complexity index is 707. The smallest absolute Gasteiger partial charge is 0.416 e. The van der Waals surface area contributed by atoms with Crippen LogP contribution in [0.4, 0.5) is 15.4 Å². The Kier molecular flexibility index (Phi) is 6.75. The second-order valence-electron chi connectivity index (χ2n) is 8.73. The minimum atomic E-state index is -0.649. The Hall–Kier alpha value is -2.09. The van der Waals surface area contributed by atoms with E-state index in [4.69, 9.17) is 21.1 Å². The first-order chi connectivity index (χ1) is 12.9. The number of piperidine rings is 1. The van der Waals surface area contributed by atoms with Crippen LogP contribution >= 0.6 is 11.6 Å². The highest BCUT2D eigenvalue weighted by molar-refractivity contribution is 6.28. The minimum Gasteiger partial charge on any atom is -0.444 e. The molecule has 0 aliphatic carbocycles. The molecule has 156 valence electrons. The molecule has 1 saturated heterocycles. The van der Waals surface area contributed by atoms with E-state index in [1.807, 2.05) is 20.8 Å². The summed E-state index contributed by atoms with van der Waals surface area (Å²) < 4.78 is 11.0. The lowest BCUT2D eigenvalue weighted by Gasteiger charge is -2.38. The van der Waals surface area contributed by atoms with E-state index in [0.717, 1.165) is 0 Å². The van der Waals surface area contributed by atoms with Crippen molar-refractivity contribution in [2.75, 3.05) is 18.0 Å². The van der Waals surface area contributed by atoms with E-state index in [1.54, 1.807) is 31.7 Å². The van der Waals surface area contributed by atoms with E-state index in [0.29, 0.717) is 31.7 Å². The second kappa shape index (κ2) is 8.51. The number of hydrogen-bond donors (Lipinski definition) is 0. The van der Waals surface area contributed by atoms with Crippen LogP contribution in [0.5, 0.6) is 0 Å². The Labute approximate surface area is 171 Å². The Morgan fingerprint density at radius 2 is 1.68 bits per heavy atom. The van der Waals surface area contributed by atoms with Gasteiger partial charge in [-0.25, -0.2) is 19.6 Å². The van der Waals surface area contributed by atoms with Gasteiger partial charge in [-0.15, -0.1) is 0 Å². The lowest BCUT2D eigenvalue weighted by atomic mass is 10.0. The molecule has 0 bridgehead atoms. The van der Waals surface area contributed by atoms with Gasteiger partial charge in [0.25, 0.3) is 0 Å². The van der Waals surface area contributed by atoms with E-state index in [9.17, 15) is 9.59 Å². The van der Waals surface area contributed by atoms with Crippen LogP contribution in [0.15, 0.2) is 12.3 Å². The Morgan fingerprint density at radius 1 is 1.11 bits per heavy atom. The lowest BCUT2D eigenvalue weighted by molar-refractivity contribution is 0.0200. The summed E-state index contributed by atoms with van der Waals surface area (Å²) in [5.41, 5.74) is -1.20. The number of ether oxygens (including phenoxy) is 2. The number of nitrogens with zero attached hydrogens (tertiary/aromatic N) is 4. The molecule has 0 atom stereocenters. The van der Waals surface area contributed by atoms with Crippen molar-refractivity contribution in [3.63, 3.8) is 0 Å². The molecule has 0 aromatic carbocycles. The van der Waals surface area contributed by atoms with Crippen molar-refractivity contribution in [3.05, 3.63) is 17.5 Å². The predicted molar refractivity (Wildman–Crippen MR) is 107 cm³/mol. The van der Waals surface area contributed by atoms with Crippen molar-refractivity contribution in [3.8, 4) is 0 Å². The number of likely N-dealkylation sites (tertiary alicyclic amines) is 1. The van der Waals surface area contributed by atoms with Crippen molar-refractivity contribution >= 4 is 29.6 Å². The van der Waals surface area contributed by atoms with Gasteiger partial charge in [0, 0.05) is 25.3 Å². The summed E-state index contributed by atoms with van der Waals surface area (Å²) in [5.74, 6) is 0.380. The molecular formula is C19H29ClN4O4. The van der Waals surface area contributed by atoms with Crippen LogP contribution in [0.25, 0.3) is 0 Å². The number of rotatable bonds is 2. The van der Waals surface area contributed by atoms with Crippen molar-refractivity contribution in [2.45, 2.75) is 71.6 Å². The summed E-state index contributed by atoms with van der Waals surface area (Å²) in [7, 11) is 0. The van der Waals surface area contributed by atoms with Crippen LogP contribution in [-0.4, -0.2) is 57.4 Å². The topological polar surface area (TPSA) is 84.9 Å². The van der Waals surface area contributed by atoms with E-state index < -0.39 is 17.3 Å². The molecule has 28 heavy (non-hydrogen) atoms. The van der Waals surface area contributed by atoms with Gasteiger partial charge < -0.3 is 14.4 Å². The third-order valence-electron chi connectivity index (χ3n) is 3.93. The fourth-order valence-electron chi connectivity index (χ4n) is 2.83. The van der Waals surface area contributed by atoms with Gasteiger partial charge >= 0.3 is 12.2 Å². The highest BCUT2D eigenvalue weighted by atomic mass is 35.5. The highest BCUT2D eigenvalue weighted by Gasteiger charge is 2.35. The predicted octanol–water partition coefficient (Wildman–Crippen LogP) is 4.27. The first-order valence-corrected chi connectivity index (χ1v) is 9.72. The summed E-state index contributed by atoms with van der Waals surface area (Å²) in [6.45, 7) is 11.9. The fraction of sp³-hybridized carbons (Fsp3) is 0.684. The average molecular weight is 413 g/mol. The normalized spacial score (nSPS) is 15.9. The van der Waals surface area contributed by atoms with Crippen LogP contribution in [-0.2, 0) is 9.47 Å². The molecule has 0 spiro atoms. The number of carbonyl (C=O) groups excluding carboxylic acids is 2. The molecule has 2 amide bonds. The van der Waals surface area contributed by atoms with Crippen molar-refractivity contribution in [1.29, 1.82) is 0 Å². The zero-order valence-corrected chi connectivity index (χ0v) is 18.1. The molecule has 1 aliphatic rings. The molecule has 8 nitrogen and oxygen atoms in total. The maximum Gasteiger partial charge on any atom is 0.416 e. The molecule has 9 heteroatoms. The molecule has 1 aromatic rings. The van der Waals surface area contributed by atoms with Crippen LogP contribution in [0.3, 0.4) is 0 Å². The molecule has 1 aromatic heterocycles. The van der Waals surface area contributed by atoms with Gasteiger partial charge in [0.2, 0.25) is 5.28 Å². The number of anilines is 1. The van der Waals surface area contributed by atoms with Crippen LogP contribution in [0.1, 0.15) is 54.4 Å². The molecule has 0 radical (unpaired) electrons. The van der Waals surface area contributed by atoms with Gasteiger partial charge in [0.1, 0.15) is 17.0 Å². The standard InChI is InChI=1S/C19H29ClN4O4/c1-18(2,3)27-16(25)23-11-8-13(9-12-23)24(17(26)28-19(4,5)6)14-7-10-21-15(20)22-14/h7,10,13H,8-9,11-12H2,1-6H3. The fourth-order valence-corrected chi connectivity index (χ4v) is 2.98.